The summed E-state index contributed by atoms with van der Waals surface area (Å²) in [4.78, 5) is 14.7. The topological polar surface area (TPSA) is 54.7 Å². The summed E-state index contributed by atoms with van der Waals surface area (Å²) in [7, 11) is 1.64. The van der Waals surface area contributed by atoms with Crippen molar-refractivity contribution < 1.29 is 14.6 Å². The molecule has 1 amide bonds. The molecule has 122 valence electrons. The fourth-order valence-corrected chi connectivity index (χ4v) is 3.19. The summed E-state index contributed by atoms with van der Waals surface area (Å²) in [6.45, 7) is 4.13. The van der Waals surface area contributed by atoms with E-state index in [9.17, 15) is 4.79 Å². The van der Waals surface area contributed by atoms with Gasteiger partial charge in [-0.3, -0.25) is 4.79 Å². The van der Waals surface area contributed by atoms with Gasteiger partial charge in [0.05, 0.1) is 7.11 Å². The van der Waals surface area contributed by atoms with Gasteiger partial charge in [-0.2, -0.15) is 0 Å². The molecule has 0 saturated carbocycles. The molecule has 0 atom stereocenters. The molecule has 1 aliphatic heterocycles. The Hall–Kier alpha value is -2.27. The van der Waals surface area contributed by atoms with Crippen LogP contribution >= 0.6 is 0 Å². The highest BCUT2D eigenvalue weighted by Gasteiger charge is 2.28. The van der Waals surface area contributed by atoms with Crippen LogP contribution in [0.1, 0.15) is 27.3 Å². The van der Waals surface area contributed by atoms with Gasteiger partial charge in [0.1, 0.15) is 11.4 Å². The summed E-state index contributed by atoms with van der Waals surface area (Å²) in [6.07, 6.45) is 0.590. The van der Waals surface area contributed by atoms with Crippen molar-refractivity contribution in [2.24, 2.45) is 0 Å². The lowest BCUT2D eigenvalue weighted by atomic mass is 10.1. The van der Waals surface area contributed by atoms with Crippen LogP contribution in [0.25, 0.3) is 0 Å². The Morgan fingerprint density at radius 3 is 2.61 bits per heavy atom. The normalized spacial score (nSPS) is 14.0. The van der Waals surface area contributed by atoms with Gasteiger partial charge < -0.3 is 19.3 Å². The Balaban J connectivity index is 1.80. The summed E-state index contributed by atoms with van der Waals surface area (Å²) in [6, 6.07) is 9.82. The number of aromatic nitrogens is 1. The van der Waals surface area contributed by atoms with Crippen LogP contribution in [0.4, 0.5) is 0 Å². The van der Waals surface area contributed by atoms with Gasteiger partial charge in [0.15, 0.2) is 0 Å². The van der Waals surface area contributed by atoms with E-state index < -0.39 is 0 Å². The van der Waals surface area contributed by atoms with Crippen LogP contribution in [0, 0.1) is 6.92 Å². The van der Waals surface area contributed by atoms with Crippen molar-refractivity contribution in [1.29, 1.82) is 0 Å². The Labute approximate surface area is 136 Å². The fraction of sp³-hybridized carbons (Fsp3) is 0.389. The SMILES string of the molecule is COc1ccc(CN2CCn3c(CCO)cc(C)c3C2=O)cc1. The number of methoxy groups -OCH3 is 1. The second-order valence-electron chi connectivity index (χ2n) is 5.87. The fourth-order valence-electron chi connectivity index (χ4n) is 3.19. The zero-order valence-corrected chi connectivity index (χ0v) is 13.6. The highest BCUT2D eigenvalue weighted by molar-refractivity contribution is 5.95. The minimum atomic E-state index is 0.0637. The molecule has 1 aromatic carbocycles. The highest BCUT2D eigenvalue weighted by atomic mass is 16.5. The first-order chi connectivity index (χ1) is 11.1. The van der Waals surface area contributed by atoms with Gasteiger partial charge in [-0.15, -0.1) is 0 Å². The van der Waals surface area contributed by atoms with Crippen LogP contribution in [0.15, 0.2) is 30.3 Å². The molecule has 0 spiro atoms. The molecule has 1 aliphatic rings. The summed E-state index contributed by atoms with van der Waals surface area (Å²) >= 11 is 0. The first-order valence-corrected chi connectivity index (χ1v) is 7.86. The second-order valence-corrected chi connectivity index (χ2v) is 5.87. The quantitative estimate of drug-likeness (QED) is 0.918. The minimum absolute atomic E-state index is 0.0637. The molecule has 0 aliphatic carbocycles. The van der Waals surface area contributed by atoms with E-state index in [4.69, 9.17) is 9.84 Å². The van der Waals surface area contributed by atoms with Crippen LogP contribution < -0.4 is 4.74 Å². The first kappa shape index (κ1) is 15.6. The van der Waals surface area contributed by atoms with Gasteiger partial charge in [0, 0.05) is 38.4 Å². The molecule has 23 heavy (non-hydrogen) atoms. The summed E-state index contributed by atoms with van der Waals surface area (Å²) in [5, 5.41) is 9.17. The van der Waals surface area contributed by atoms with Crippen molar-refractivity contribution in [2.45, 2.75) is 26.4 Å². The zero-order chi connectivity index (χ0) is 16.4. The van der Waals surface area contributed by atoms with Crippen molar-refractivity contribution in [2.75, 3.05) is 20.3 Å². The lowest BCUT2D eigenvalue weighted by molar-refractivity contribution is 0.0688. The molecule has 2 aromatic rings. The van der Waals surface area contributed by atoms with Crippen LogP contribution in [0.5, 0.6) is 5.75 Å². The van der Waals surface area contributed by atoms with Gasteiger partial charge in [0.25, 0.3) is 5.91 Å². The van der Waals surface area contributed by atoms with E-state index in [-0.39, 0.29) is 12.5 Å². The predicted octanol–water partition coefficient (Wildman–Crippen LogP) is 2.00. The van der Waals surface area contributed by atoms with Crippen molar-refractivity contribution in [3.8, 4) is 5.75 Å². The zero-order valence-electron chi connectivity index (χ0n) is 13.6. The molecule has 0 bridgehead atoms. The van der Waals surface area contributed by atoms with Crippen LogP contribution in [-0.2, 0) is 19.5 Å². The number of hydrogen-bond donors (Lipinski definition) is 1. The summed E-state index contributed by atoms with van der Waals surface area (Å²) in [5.74, 6) is 0.880. The number of aryl methyl sites for hydroxylation is 1. The second kappa shape index (κ2) is 6.46. The number of rotatable bonds is 5. The number of hydrogen-bond acceptors (Lipinski definition) is 3. The smallest absolute Gasteiger partial charge is 0.271 e. The average molecular weight is 314 g/mol. The number of amides is 1. The van der Waals surface area contributed by atoms with Crippen molar-refractivity contribution in [3.05, 3.63) is 52.8 Å². The maximum absolute atomic E-state index is 12.8. The third kappa shape index (κ3) is 2.97. The van der Waals surface area contributed by atoms with Gasteiger partial charge in [-0.25, -0.2) is 0 Å². The van der Waals surface area contributed by atoms with E-state index >= 15 is 0 Å². The molecule has 3 rings (SSSR count). The van der Waals surface area contributed by atoms with E-state index in [1.807, 2.05) is 42.2 Å². The van der Waals surface area contributed by atoms with E-state index in [2.05, 4.69) is 4.57 Å². The number of carbonyl (C=O) groups excluding carboxylic acids is 1. The molecule has 5 nitrogen and oxygen atoms in total. The third-order valence-electron chi connectivity index (χ3n) is 4.36. The lowest BCUT2D eigenvalue weighted by Crippen LogP contribution is -2.40. The maximum Gasteiger partial charge on any atom is 0.271 e. The Bertz CT molecular complexity index is 704. The first-order valence-electron chi connectivity index (χ1n) is 7.86. The summed E-state index contributed by atoms with van der Waals surface area (Å²) < 4.78 is 7.22. The van der Waals surface area contributed by atoms with E-state index in [0.29, 0.717) is 19.5 Å². The van der Waals surface area contributed by atoms with Gasteiger partial charge in [-0.1, -0.05) is 12.1 Å². The van der Waals surface area contributed by atoms with Gasteiger partial charge in [-0.05, 0) is 36.2 Å². The predicted molar refractivity (Wildman–Crippen MR) is 87.7 cm³/mol. The van der Waals surface area contributed by atoms with Crippen molar-refractivity contribution >= 4 is 5.91 Å². The summed E-state index contributed by atoms with van der Waals surface area (Å²) in [5.41, 5.74) is 3.87. The Morgan fingerprint density at radius 2 is 1.96 bits per heavy atom. The largest absolute Gasteiger partial charge is 0.497 e. The monoisotopic (exact) mass is 314 g/mol. The number of ether oxygens (including phenoxy) is 1. The maximum atomic E-state index is 12.8. The molecule has 0 fully saturated rings. The molecule has 1 N–H and O–H groups in total. The lowest BCUT2D eigenvalue weighted by Gasteiger charge is -2.30. The third-order valence-corrected chi connectivity index (χ3v) is 4.36. The number of nitrogens with zero attached hydrogens (tertiary/aromatic N) is 2. The Morgan fingerprint density at radius 1 is 1.22 bits per heavy atom. The number of aliphatic hydroxyl groups excluding tert-OH is 1. The number of aliphatic hydroxyl groups is 1. The van der Waals surface area contributed by atoms with Crippen molar-refractivity contribution in [3.63, 3.8) is 0 Å². The minimum Gasteiger partial charge on any atom is -0.497 e. The van der Waals surface area contributed by atoms with Crippen LogP contribution in [-0.4, -0.2) is 40.7 Å². The molecular weight excluding hydrogens is 292 g/mol. The number of fused-ring (bicyclic) bond motifs is 1. The average Bonchev–Trinajstić information content (AvgIpc) is 2.88. The standard InChI is InChI=1S/C18H22N2O3/c1-13-11-15(7-10-21)20-9-8-19(18(22)17(13)20)12-14-3-5-16(23-2)6-4-14/h3-6,11,21H,7-10,12H2,1-2H3. The number of benzene rings is 1. The van der Waals surface area contributed by atoms with Crippen LogP contribution in [0.2, 0.25) is 0 Å². The van der Waals surface area contributed by atoms with Gasteiger partial charge in [0.2, 0.25) is 0 Å². The number of carbonyl (C=O) groups is 1. The molecule has 0 saturated heterocycles. The van der Waals surface area contributed by atoms with E-state index in [1.165, 1.54) is 0 Å². The van der Waals surface area contributed by atoms with E-state index in [1.54, 1.807) is 7.11 Å². The molecule has 1 aromatic heterocycles. The van der Waals surface area contributed by atoms with Gasteiger partial charge >= 0.3 is 0 Å². The van der Waals surface area contributed by atoms with E-state index in [0.717, 1.165) is 34.8 Å². The van der Waals surface area contributed by atoms with Crippen molar-refractivity contribution in [1.82, 2.24) is 9.47 Å². The molecule has 0 radical (unpaired) electrons. The molecule has 2 heterocycles. The molecular formula is C18H22N2O3. The molecule has 5 heteroatoms. The Kier molecular flexibility index (Phi) is 4.39. The van der Waals surface area contributed by atoms with Crippen LogP contribution in [0.3, 0.4) is 0 Å². The molecule has 0 unspecified atom stereocenters. The highest BCUT2D eigenvalue weighted by Crippen LogP contribution is 2.23.